The normalized spacial score (nSPS) is 19.1. The molecule has 8 heteroatoms. The van der Waals surface area contributed by atoms with Crippen LogP contribution < -0.4 is 5.32 Å². The SMILES string of the molecule is CC(O)C1CCN(C(=O)C(=O)Nc2ccc(F)c(F)c2F)C1. The van der Waals surface area contributed by atoms with Crippen LogP contribution in [-0.4, -0.2) is 41.0 Å². The van der Waals surface area contributed by atoms with E-state index in [0.29, 0.717) is 19.0 Å². The first-order valence-electron chi connectivity index (χ1n) is 6.73. The van der Waals surface area contributed by atoms with Crippen LogP contribution in [0.3, 0.4) is 0 Å². The number of hydrogen-bond acceptors (Lipinski definition) is 3. The third-order valence-electron chi connectivity index (χ3n) is 3.67. The molecule has 1 aromatic rings. The third kappa shape index (κ3) is 3.22. The summed E-state index contributed by atoms with van der Waals surface area (Å²) in [4.78, 5) is 24.9. The molecular formula is C14H15F3N2O3. The van der Waals surface area contributed by atoms with Crippen molar-refractivity contribution in [2.24, 2.45) is 5.92 Å². The maximum atomic E-state index is 13.4. The molecular weight excluding hydrogens is 301 g/mol. The molecule has 1 aromatic carbocycles. The molecule has 0 aliphatic carbocycles. The molecule has 120 valence electrons. The molecule has 2 atom stereocenters. The summed E-state index contributed by atoms with van der Waals surface area (Å²) in [6.07, 6.45) is -0.0551. The lowest BCUT2D eigenvalue weighted by molar-refractivity contribution is -0.142. The van der Waals surface area contributed by atoms with Crippen LogP contribution in [0.1, 0.15) is 13.3 Å². The largest absolute Gasteiger partial charge is 0.393 e. The topological polar surface area (TPSA) is 69.6 Å². The number of halogens is 3. The Hall–Kier alpha value is -2.09. The number of nitrogens with one attached hydrogen (secondary N) is 1. The molecule has 0 spiro atoms. The molecule has 22 heavy (non-hydrogen) atoms. The average Bonchev–Trinajstić information content (AvgIpc) is 2.97. The van der Waals surface area contributed by atoms with Gasteiger partial charge in [-0.3, -0.25) is 9.59 Å². The van der Waals surface area contributed by atoms with E-state index in [-0.39, 0.29) is 12.5 Å². The number of aliphatic hydroxyl groups is 1. The highest BCUT2D eigenvalue weighted by Crippen LogP contribution is 2.22. The summed E-state index contributed by atoms with van der Waals surface area (Å²) in [6.45, 7) is 2.10. The monoisotopic (exact) mass is 316 g/mol. The number of carbonyl (C=O) groups excluding carboxylic acids is 2. The van der Waals surface area contributed by atoms with Gasteiger partial charge < -0.3 is 15.3 Å². The fraction of sp³-hybridized carbons (Fsp3) is 0.429. The fourth-order valence-corrected chi connectivity index (χ4v) is 2.31. The van der Waals surface area contributed by atoms with Crippen LogP contribution in [0.4, 0.5) is 18.9 Å². The van der Waals surface area contributed by atoms with Crippen LogP contribution in [0.25, 0.3) is 0 Å². The first-order valence-corrected chi connectivity index (χ1v) is 6.73. The highest BCUT2D eigenvalue weighted by Gasteiger charge is 2.32. The molecule has 5 nitrogen and oxygen atoms in total. The fourth-order valence-electron chi connectivity index (χ4n) is 2.31. The summed E-state index contributed by atoms with van der Waals surface area (Å²) in [7, 11) is 0. The minimum atomic E-state index is -1.72. The van der Waals surface area contributed by atoms with E-state index in [2.05, 4.69) is 0 Å². The number of likely N-dealkylation sites (tertiary alicyclic amines) is 1. The van der Waals surface area contributed by atoms with Gasteiger partial charge >= 0.3 is 11.8 Å². The van der Waals surface area contributed by atoms with Gasteiger partial charge in [-0.1, -0.05) is 0 Å². The van der Waals surface area contributed by atoms with Gasteiger partial charge in [0.05, 0.1) is 11.8 Å². The van der Waals surface area contributed by atoms with Crippen molar-refractivity contribution >= 4 is 17.5 Å². The minimum Gasteiger partial charge on any atom is -0.393 e. The molecule has 1 aliphatic heterocycles. The second-order valence-electron chi connectivity index (χ2n) is 5.22. The number of rotatable bonds is 2. The molecule has 2 N–H and O–H groups in total. The van der Waals surface area contributed by atoms with E-state index < -0.39 is 41.1 Å². The van der Waals surface area contributed by atoms with Crippen molar-refractivity contribution in [1.29, 1.82) is 0 Å². The number of anilines is 1. The Morgan fingerprint density at radius 1 is 1.32 bits per heavy atom. The van der Waals surface area contributed by atoms with Gasteiger partial charge in [-0.2, -0.15) is 0 Å². The van der Waals surface area contributed by atoms with Gasteiger partial charge in [0.25, 0.3) is 0 Å². The highest BCUT2D eigenvalue weighted by molar-refractivity contribution is 6.39. The zero-order chi connectivity index (χ0) is 16.4. The van der Waals surface area contributed by atoms with Crippen molar-refractivity contribution in [2.75, 3.05) is 18.4 Å². The summed E-state index contributed by atoms with van der Waals surface area (Å²) in [5.74, 6) is -6.86. The van der Waals surface area contributed by atoms with Gasteiger partial charge in [-0.05, 0) is 25.5 Å². The number of aliphatic hydroxyl groups excluding tert-OH is 1. The molecule has 0 bridgehead atoms. The summed E-state index contributed by atoms with van der Waals surface area (Å²) in [5.41, 5.74) is -0.608. The Bertz CT molecular complexity index is 607. The van der Waals surface area contributed by atoms with E-state index in [1.165, 1.54) is 4.90 Å². The first kappa shape index (κ1) is 16.3. The number of amides is 2. The van der Waals surface area contributed by atoms with E-state index >= 15 is 0 Å². The molecule has 2 amide bonds. The number of benzene rings is 1. The van der Waals surface area contributed by atoms with Crippen LogP contribution in [0.5, 0.6) is 0 Å². The molecule has 0 radical (unpaired) electrons. The number of carbonyl (C=O) groups is 2. The van der Waals surface area contributed by atoms with E-state index in [1.807, 2.05) is 5.32 Å². The van der Waals surface area contributed by atoms with Gasteiger partial charge in [0.1, 0.15) is 0 Å². The molecule has 1 heterocycles. The van der Waals surface area contributed by atoms with Crippen LogP contribution in [0.2, 0.25) is 0 Å². The van der Waals surface area contributed by atoms with Gasteiger partial charge in [-0.25, -0.2) is 13.2 Å². The minimum absolute atomic E-state index is 0.128. The van der Waals surface area contributed by atoms with Crippen molar-refractivity contribution in [3.05, 3.63) is 29.6 Å². The second-order valence-corrected chi connectivity index (χ2v) is 5.22. The van der Waals surface area contributed by atoms with E-state index in [9.17, 15) is 27.9 Å². The lowest BCUT2D eigenvalue weighted by atomic mass is 10.0. The van der Waals surface area contributed by atoms with Gasteiger partial charge in [0, 0.05) is 19.0 Å². The lowest BCUT2D eigenvalue weighted by Crippen LogP contribution is -2.39. The first-order chi connectivity index (χ1) is 10.3. The number of nitrogens with zero attached hydrogens (tertiary/aromatic N) is 1. The summed E-state index contributed by atoms with van der Waals surface area (Å²) in [5, 5.41) is 11.4. The van der Waals surface area contributed by atoms with Crippen LogP contribution in [-0.2, 0) is 9.59 Å². The summed E-state index contributed by atoms with van der Waals surface area (Å²) >= 11 is 0. The third-order valence-corrected chi connectivity index (χ3v) is 3.67. The molecule has 1 aliphatic rings. The summed E-state index contributed by atoms with van der Waals surface area (Å²) in [6, 6.07) is 1.49. The Morgan fingerprint density at radius 2 is 2.00 bits per heavy atom. The predicted octanol–water partition coefficient (Wildman–Crippen LogP) is 1.27. The van der Waals surface area contributed by atoms with Crippen LogP contribution >= 0.6 is 0 Å². The molecule has 1 saturated heterocycles. The molecule has 2 rings (SSSR count). The van der Waals surface area contributed by atoms with E-state index in [4.69, 9.17) is 0 Å². The smallest absolute Gasteiger partial charge is 0.313 e. The van der Waals surface area contributed by atoms with E-state index in [0.717, 1.165) is 6.07 Å². The molecule has 2 unspecified atom stereocenters. The van der Waals surface area contributed by atoms with Crippen molar-refractivity contribution < 1.29 is 27.9 Å². The van der Waals surface area contributed by atoms with Gasteiger partial charge in [0.2, 0.25) is 0 Å². The molecule has 0 saturated carbocycles. The summed E-state index contributed by atoms with van der Waals surface area (Å²) < 4.78 is 39.3. The zero-order valence-electron chi connectivity index (χ0n) is 11.8. The zero-order valence-corrected chi connectivity index (χ0v) is 11.8. The Kier molecular flexibility index (Phi) is 4.70. The van der Waals surface area contributed by atoms with E-state index in [1.54, 1.807) is 6.92 Å². The van der Waals surface area contributed by atoms with Crippen molar-refractivity contribution in [2.45, 2.75) is 19.4 Å². The Labute approximate surface area is 124 Å². The molecule has 1 fully saturated rings. The lowest BCUT2D eigenvalue weighted by Gasteiger charge is -2.17. The van der Waals surface area contributed by atoms with Gasteiger partial charge in [0.15, 0.2) is 17.5 Å². The quantitative estimate of drug-likeness (QED) is 0.638. The van der Waals surface area contributed by atoms with Crippen LogP contribution in [0.15, 0.2) is 12.1 Å². The highest BCUT2D eigenvalue weighted by atomic mass is 19.2. The van der Waals surface area contributed by atoms with Crippen molar-refractivity contribution in [1.82, 2.24) is 4.90 Å². The Morgan fingerprint density at radius 3 is 2.59 bits per heavy atom. The Balaban J connectivity index is 2.04. The number of hydrogen-bond donors (Lipinski definition) is 2. The average molecular weight is 316 g/mol. The maximum absolute atomic E-state index is 13.4. The second kappa shape index (κ2) is 6.35. The molecule has 0 aromatic heterocycles. The van der Waals surface area contributed by atoms with Gasteiger partial charge in [-0.15, -0.1) is 0 Å². The van der Waals surface area contributed by atoms with Crippen LogP contribution in [0, 0.1) is 23.4 Å². The standard InChI is InChI=1S/C14H15F3N2O3/c1-7(20)8-4-5-19(6-8)14(22)13(21)18-10-3-2-9(15)11(16)12(10)17/h2-3,7-8,20H,4-6H2,1H3,(H,18,21). The van der Waals surface area contributed by atoms with Crippen molar-refractivity contribution in [3.63, 3.8) is 0 Å². The predicted molar refractivity (Wildman–Crippen MR) is 71.3 cm³/mol. The van der Waals surface area contributed by atoms with Crippen molar-refractivity contribution in [3.8, 4) is 0 Å². The maximum Gasteiger partial charge on any atom is 0.313 e.